The van der Waals surface area contributed by atoms with Crippen LogP contribution < -0.4 is 16.5 Å². The van der Waals surface area contributed by atoms with Crippen LogP contribution in [0.4, 0.5) is 5.69 Å². The van der Waals surface area contributed by atoms with Crippen LogP contribution in [0.1, 0.15) is 40.1 Å². The molecular weight excluding hydrogens is 428 g/mol. The Balaban J connectivity index is 1.88. The number of benzene rings is 1. The number of amides is 1. The van der Waals surface area contributed by atoms with Crippen molar-refractivity contribution in [2.45, 2.75) is 26.8 Å². The summed E-state index contributed by atoms with van der Waals surface area (Å²) in [4.78, 5) is 33.2. The van der Waals surface area contributed by atoms with Gasteiger partial charge in [-0.2, -0.15) is 0 Å². The molecular formula is C24H21ClN4O3. The Bertz CT molecular complexity index is 1400. The monoisotopic (exact) mass is 448 g/mol. The predicted molar refractivity (Wildman–Crippen MR) is 125 cm³/mol. The summed E-state index contributed by atoms with van der Waals surface area (Å²) < 4.78 is 6.29. The number of nitrogens with two attached hydrogens (primary N) is 1. The molecule has 3 aromatic heterocycles. The van der Waals surface area contributed by atoms with Gasteiger partial charge in [0.05, 0.1) is 17.1 Å². The third kappa shape index (κ3) is 3.94. The lowest BCUT2D eigenvalue weighted by Crippen LogP contribution is -2.18. The Morgan fingerprint density at radius 3 is 2.69 bits per heavy atom. The zero-order valence-corrected chi connectivity index (χ0v) is 18.5. The fourth-order valence-electron chi connectivity index (χ4n) is 3.71. The molecule has 0 aliphatic heterocycles. The molecule has 0 aliphatic carbocycles. The van der Waals surface area contributed by atoms with E-state index < -0.39 is 5.91 Å². The lowest BCUT2D eigenvalue weighted by atomic mass is 9.99. The lowest BCUT2D eigenvalue weighted by molar-refractivity contribution is 0.0996. The molecule has 0 fully saturated rings. The molecule has 3 heterocycles. The minimum atomic E-state index is -0.697. The first-order chi connectivity index (χ1) is 15.3. The number of anilines is 1. The minimum absolute atomic E-state index is 0.0367. The fraction of sp³-hybridized carbons (Fsp3) is 0.167. The topological polar surface area (TPSA) is 111 Å². The van der Waals surface area contributed by atoms with Crippen LogP contribution in [0.5, 0.6) is 0 Å². The number of hydrogen-bond acceptors (Lipinski definition) is 6. The molecule has 162 valence electrons. The summed E-state index contributed by atoms with van der Waals surface area (Å²) in [5.41, 5.74) is 9.20. The molecule has 0 radical (unpaired) electrons. The second kappa shape index (κ2) is 8.43. The summed E-state index contributed by atoms with van der Waals surface area (Å²) >= 11 is 5.92. The molecule has 7 nitrogen and oxygen atoms in total. The molecule has 0 unspecified atom stereocenters. The average molecular weight is 449 g/mol. The van der Waals surface area contributed by atoms with E-state index >= 15 is 0 Å². The number of carbonyl (C=O) groups is 1. The Labute approximate surface area is 189 Å². The zero-order valence-electron chi connectivity index (χ0n) is 17.8. The first-order valence-electron chi connectivity index (χ1n) is 9.97. The maximum Gasteiger partial charge on any atom is 0.269 e. The molecule has 0 aliphatic rings. The zero-order chi connectivity index (χ0) is 23.0. The summed E-state index contributed by atoms with van der Waals surface area (Å²) in [6.45, 7) is 5.56. The maximum atomic E-state index is 13.2. The number of fused-ring (bicyclic) bond motifs is 1. The lowest BCUT2D eigenvalue weighted by Gasteiger charge is -2.19. The first kappa shape index (κ1) is 21.5. The van der Waals surface area contributed by atoms with Crippen molar-refractivity contribution in [3.8, 4) is 11.3 Å². The molecule has 0 saturated carbocycles. The number of carbonyl (C=O) groups excluding carboxylic acids is 1. The van der Waals surface area contributed by atoms with Crippen LogP contribution >= 0.6 is 11.6 Å². The maximum absolute atomic E-state index is 13.2. The molecule has 0 saturated heterocycles. The van der Waals surface area contributed by atoms with E-state index in [4.69, 9.17) is 21.8 Å². The molecule has 0 spiro atoms. The van der Waals surface area contributed by atoms with Crippen molar-refractivity contribution in [3.05, 3.63) is 86.6 Å². The largest absolute Gasteiger partial charge is 0.455 e. The van der Waals surface area contributed by atoms with Crippen LogP contribution in [0.3, 0.4) is 0 Å². The highest BCUT2D eigenvalue weighted by Gasteiger charge is 2.20. The Morgan fingerprint density at radius 1 is 1.22 bits per heavy atom. The van der Waals surface area contributed by atoms with Crippen LogP contribution in [0.25, 0.3) is 22.3 Å². The minimum Gasteiger partial charge on any atom is -0.455 e. The van der Waals surface area contributed by atoms with E-state index in [1.54, 1.807) is 37.5 Å². The van der Waals surface area contributed by atoms with Crippen LogP contribution in [-0.2, 0) is 0 Å². The highest BCUT2D eigenvalue weighted by molar-refractivity contribution is 6.29. The predicted octanol–water partition coefficient (Wildman–Crippen LogP) is 4.79. The number of rotatable bonds is 5. The quantitative estimate of drug-likeness (QED) is 0.424. The highest BCUT2D eigenvalue weighted by atomic mass is 35.5. The van der Waals surface area contributed by atoms with Gasteiger partial charge in [-0.15, -0.1) is 0 Å². The van der Waals surface area contributed by atoms with Crippen molar-refractivity contribution in [1.82, 2.24) is 9.97 Å². The van der Waals surface area contributed by atoms with Crippen LogP contribution in [-0.4, -0.2) is 15.9 Å². The Kier molecular flexibility index (Phi) is 5.67. The third-order valence-corrected chi connectivity index (χ3v) is 5.46. The van der Waals surface area contributed by atoms with E-state index in [-0.39, 0.29) is 22.3 Å². The first-order valence-corrected chi connectivity index (χ1v) is 10.3. The van der Waals surface area contributed by atoms with E-state index in [1.807, 2.05) is 32.0 Å². The van der Waals surface area contributed by atoms with Crippen molar-refractivity contribution < 1.29 is 9.21 Å². The van der Waals surface area contributed by atoms with Gasteiger partial charge in [-0.25, -0.2) is 4.98 Å². The molecule has 4 rings (SSSR count). The molecule has 32 heavy (non-hydrogen) atoms. The molecule has 1 aromatic carbocycles. The number of primary amides is 1. The second-order valence-electron chi connectivity index (χ2n) is 7.62. The summed E-state index contributed by atoms with van der Waals surface area (Å²) in [7, 11) is 0. The van der Waals surface area contributed by atoms with E-state index in [1.165, 1.54) is 0 Å². The van der Waals surface area contributed by atoms with Crippen molar-refractivity contribution >= 4 is 34.2 Å². The average Bonchev–Trinajstić information content (AvgIpc) is 2.77. The summed E-state index contributed by atoms with van der Waals surface area (Å²) in [6, 6.07) is 10.3. The van der Waals surface area contributed by atoms with Gasteiger partial charge in [-0.1, -0.05) is 17.7 Å². The standard InChI is InChI=1S/C24H21ClN4O3/c1-12-9-16(14(3)28-18-6-7-19(25)29-20(18)24(26)31)23-17(10-12)21(30)13(2)22(32-23)15-5-4-8-27-11-15/h4-11,14,28H,1-3H3,(H2,26,31)/t14-/m1/s1. The van der Waals surface area contributed by atoms with Crippen LogP contribution in [0.15, 0.2) is 58.0 Å². The van der Waals surface area contributed by atoms with E-state index in [0.717, 1.165) is 11.1 Å². The van der Waals surface area contributed by atoms with Gasteiger partial charge >= 0.3 is 0 Å². The van der Waals surface area contributed by atoms with Gasteiger partial charge in [-0.3, -0.25) is 14.6 Å². The van der Waals surface area contributed by atoms with E-state index in [2.05, 4.69) is 15.3 Å². The van der Waals surface area contributed by atoms with E-state index in [0.29, 0.717) is 33.5 Å². The Hall–Kier alpha value is -3.71. The van der Waals surface area contributed by atoms with Gasteiger partial charge in [0.15, 0.2) is 11.1 Å². The van der Waals surface area contributed by atoms with Gasteiger partial charge < -0.3 is 15.5 Å². The highest BCUT2D eigenvalue weighted by Crippen LogP contribution is 2.32. The van der Waals surface area contributed by atoms with Crippen LogP contribution in [0, 0.1) is 13.8 Å². The number of nitrogens with zero attached hydrogens (tertiary/aromatic N) is 2. The molecule has 1 amide bonds. The van der Waals surface area contributed by atoms with Crippen LogP contribution in [0.2, 0.25) is 5.15 Å². The second-order valence-corrected chi connectivity index (χ2v) is 8.01. The third-order valence-electron chi connectivity index (χ3n) is 5.25. The number of pyridine rings is 2. The number of hydrogen-bond donors (Lipinski definition) is 2. The molecule has 1 atom stereocenters. The number of nitrogens with one attached hydrogen (secondary N) is 1. The normalized spacial score (nSPS) is 12.0. The summed E-state index contributed by atoms with van der Waals surface area (Å²) in [5, 5.41) is 3.91. The molecule has 0 bridgehead atoms. The van der Waals surface area contributed by atoms with E-state index in [9.17, 15) is 9.59 Å². The Morgan fingerprint density at radius 2 is 2.00 bits per heavy atom. The number of aryl methyl sites for hydroxylation is 1. The van der Waals surface area contributed by atoms with Crippen molar-refractivity contribution in [3.63, 3.8) is 0 Å². The summed E-state index contributed by atoms with van der Waals surface area (Å²) in [5.74, 6) is -0.226. The van der Waals surface area contributed by atoms with Gasteiger partial charge in [0, 0.05) is 29.1 Å². The number of aromatic nitrogens is 2. The number of halogens is 1. The van der Waals surface area contributed by atoms with Gasteiger partial charge in [0.1, 0.15) is 16.5 Å². The summed E-state index contributed by atoms with van der Waals surface area (Å²) in [6.07, 6.45) is 3.32. The van der Waals surface area contributed by atoms with Gasteiger partial charge in [-0.05, 0) is 56.7 Å². The fourth-order valence-corrected chi connectivity index (χ4v) is 3.86. The molecule has 3 N–H and O–H groups in total. The van der Waals surface area contributed by atoms with Gasteiger partial charge in [0.25, 0.3) is 5.91 Å². The van der Waals surface area contributed by atoms with Crippen molar-refractivity contribution in [2.75, 3.05) is 5.32 Å². The van der Waals surface area contributed by atoms with Gasteiger partial charge in [0.2, 0.25) is 0 Å². The smallest absolute Gasteiger partial charge is 0.269 e. The molecule has 8 heteroatoms. The SMILES string of the molecule is Cc1cc([C@@H](C)Nc2ccc(Cl)nc2C(N)=O)c2oc(-c3cccnc3)c(C)c(=O)c2c1. The van der Waals surface area contributed by atoms with Crippen molar-refractivity contribution in [1.29, 1.82) is 0 Å². The van der Waals surface area contributed by atoms with Crippen molar-refractivity contribution in [2.24, 2.45) is 5.73 Å². The molecule has 4 aromatic rings.